The Kier molecular flexibility index (Phi) is 8.30. The van der Waals surface area contributed by atoms with Gasteiger partial charge in [0, 0.05) is 23.8 Å². The van der Waals surface area contributed by atoms with E-state index >= 15 is 4.39 Å². The molecule has 0 bridgehead atoms. The Morgan fingerprint density at radius 3 is 2.44 bits per heavy atom. The Balaban J connectivity index is 1.30. The molecule has 1 N–H and O–H groups in total. The third-order valence-corrected chi connectivity index (χ3v) is 7.55. The second kappa shape index (κ2) is 11.8. The number of benzene rings is 2. The molecule has 0 atom stereocenters. The molecule has 0 unspecified atom stereocenters. The summed E-state index contributed by atoms with van der Waals surface area (Å²) < 4.78 is 87.9. The van der Waals surface area contributed by atoms with Crippen molar-refractivity contribution in [1.29, 1.82) is 0 Å². The SMILES string of the molecule is CC(C)N1CCOc2c(F)cc(-c3nc(Nc4ccc(C5CCN(CCC(F)(F)F)CC5)c(F)c4)ncc3F)cc21. The van der Waals surface area contributed by atoms with Crippen molar-refractivity contribution in [2.24, 2.45) is 0 Å². The van der Waals surface area contributed by atoms with E-state index in [1.807, 2.05) is 18.7 Å². The quantitative estimate of drug-likeness (QED) is 0.303. The Hall–Kier alpha value is -3.54. The molecule has 220 valence electrons. The van der Waals surface area contributed by atoms with E-state index in [0.717, 1.165) is 6.20 Å². The van der Waals surface area contributed by atoms with Gasteiger partial charge in [-0.25, -0.2) is 23.1 Å². The highest BCUT2D eigenvalue weighted by atomic mass is 19.4. The van der Waals surface area contributed by atoms with Gasteiger partial charge in [0.15, 0.2) is 17.4 Å². The number of anilines is 3. The molecule has 1 saturated heterocycles. The van der Waals surface area contributed by atoms with Crippen LogP contribution in [0, 0.1) is 17.5 Å². The van der Waals surface area contributed by atoms with Crippen LogP contribution in [0.3, 0.4) is 0 Å². The summed E-state index contributed by atoms with van der Waals surface area (Å²) in [5, 5.41) is 2.88. The van der Waals surface area contributed by atoms with Crippen LogP contribution >= 0.6 is 0 Å². The summed E-state index contributed by atoms with van der Waals surface area (Å²) in [5.41, 5.74) is 1.43. The molecule has 6 nitrogen and oxygen atoms in total. The van der Waals surface area contributed by atoms with E-state index in [2.05, 4.69) is 15.3 Å². The second-order valence-corrected chi connectivity index (χ2v) is 10.7. The minimum absolute atomic E-state index is 0.00150. The highest BCUT2D eigenvalue weighted by Gasteiger charge is 2.30. The first-order valence-corrected chi connectivity index (χ1v) is 13.6. The van der Waals surface area contributed by atoms with Crippen LogP contribution in [0.4, 0.5) is 43.7 Å². The maximum absolute atomic E-state index is 15.1. The van der Waals surface area contributed by atoms with Crippen molar-refractivity contribution in [2.75, 3.05) is 43.0 Å². The molecule has 0 spiro atoms. The summed E-state index contributed by atoms with van der Waals surface area (Å²) in [4.78, 5) is 11.9. The van der Waals surface area contributed by atoms with E-state index in [1.54, 1.807) is 23.1 Å². The van der Waals surface area contributed by atoms with Crippen LogP contribution in [0.2, 0.25) is 0 Å². The molecular formula is C29H31F6N5O. The van der Waals surface area contributed by atoms with E-state index in [-0.39, 0.29) is 41.5 Å². The molecule has 2 aromatic carbocycles. The largest absolute Gasteiger partial charge is 0.486 e. The summed E-state index contributed by atoms with van der Waals surface area (Å²) >= 11 is 0. The minimum Gasteiger partial charge on any atom is -0.486 e. The number of hydrogen-bond acceptors (Lipinski definition) is 6. The molecule has 12 heteroatoms. The van der Waals surface area contributed by atoms with Crippen LogP contribution in [0.5, 0.6) is 5.75 Å². The summed E-state index contributed by atoms with van der Waals surface area (Å²) in [6.07, 6.45) is -2.96. The second-order valence-electron chi connectivity index (χ2n) is 10.7. The lowest BCUT2D eigenvalue weighted by Crippen LogP contribution is -2.38. The lowest BCUT2D eigenvalue weighted by Gasteiger charge is -2.34. The highest BCUT2D eigenvalue weighted by Crippen LogP contribution is 2.39. The smallest absolute Gasteiger partial charge is 0.390 e. The van der Waals surface area contributed by atoms with Crippen LogP contribution in [-0.4, -0.2) is 59.9 Å². The zero-order chi connectivity index (χ0) is 29.3. The molecule has 3 heterocycles. The molecular weight excluding hydrogens is 548 g/mol. The van der Waals surface area contributed by atoms with Crippen molar-refractivity contribution in [3.05, 3.63) is 59.5 Å². The molecule has 1 aromatic heterocycles. The Bertz CT molecular complexity index is 1390. The van der Waals surface area contributed by atoms with Gasteiger partial charge >= 0.3 is 6.18 Å². The molecule has 2 aliphatic rings. The molecule has 1 fully saturated rings. The van der Waals surface area contributed by atoms with Crippen molar-refractivity contribution in [3.63, 3.8) is 0 Å². The third kappa shape index (κ3) is 6.69. The number of halogens is 6. The molecule has 41 heavy (non-hydrogen) atoms. The van der Waals surface area contributed by atoms with Crippen LogP contribution in [-0.2, 0) is 0 Å². The zero-order valence-electron chi connectivity index (χ0n) is 22.7. The topological polar surface area (TPSA) is 53.5 Å². The normalized spacial score (nSPS) is 16.6. The number of nitrogens with one attached hydrogen (secondary N) is 1. The van der Waals surface area contributed by atoms with Crippen molar-refractivity contribution in [3.8, 4) is 17.0 Å². The van der Waals surface area contributed by atoms with Crippen LogP contribution in [0.1, 0.15) is 44.6 Å². The number of ether oxygens (including phenoxy) is 1. The van der Waals surface area contributed by atoms with Gasteiger partial charge < -0.3 is 19.9 Å². The zero-order valence-corrected chi connectivity index (χ0v) is 22.7. The number of fused-ring (bicyclic) bond motifs is 1. The number of rotatable bonds is 7. The first kappa shape index (κ1) is 29.0. The number of hydrogen-bond donors (Lipinski definition) is 1. The summed E-state index contributed by atoms with van der Waals surface area (Å²) in [5.74, 6) is -1.82. The molecule has 0 amide bonds. The third-order valence-electron chi connectivity index (χ3n) is 7.55. The predicted octanol–water partition coefficient (Wildman–Crippen LogP) is 7.04. The van der Waals surface area contributed by atoms with Crippen molar-refractivity contribution < 1.29 is 31.1 Å². The molecule has 0 saturated carbocycles. The Labute approximate surface area is 234 Å². The summed E-state index contributed by atoms with van der Waals surface area (Å²) in [6.45, 7) is 5.73. The highest BCUT2D eigenvalue weighted by molar-refractivity contribution is 5.73. The average molecular weight is 580 g/mol. The predicted molar refractivity (Wildman–Crippen MR) is 144 cm³/mol. The van der Waals surface area contributed by atoms with Gasteiger partial charge in [-0.05, 0) is 75.5 Å². The number of piperidine rings is 1. The average Bonchev–Trinajstić information content (AvgIpc) is 2.92. The van der Waals surface area contributed by atoms with E-state index in [9.17, 15) is 22.0 Å². The molecule has 2 aliphatic heterocycles. The van der Waals surface area contributed by atoms with E-state index in [4.69, 9.17) is 4.74 Å². The van der Waals surface area contributed by atoms with Gasteiger partial charge in [-0.1, -0.05) is 6.07 Å². The van der Waals surface area contributed by atoms with Gasteiger partial charge in [0.1, 0.15) is 18.1 Å². The maximum Gasteiger partial charge on any atom is 0.390 e. The molecule has 5 rings (SSSR count). The van der Waals surface area contributed by atoms with Crippen LogP contribution < -0.4 is 15.0 Å². The summed E-state index contributed by atoms with van der Waals surface area (Å²) in [7, 11) is 0. The van der Waals surface area contributed by atoms with E-state index in [1.165, 1.54) is 12.1 Å². The minimum atomic E-state index is -4.19. The molecule has 3 aromatic rings. The van der Waals surface area contributed by atoms with Gasteiger partial charge in [0.05, 0.1) is 24.8 Å². The van der Waals surface area contributed by atoms with Crippen molar-refractivity contribution in [2.45, 2.75) is 51.2 Å². The molecule has 0 aliphatic carbocycles. The number of likely N-dealkylation sites (tertiary alicyclic amines) is 1. The van der Waals surface area contributed by atoms with E-state index < -0.39 is 30.0 Å². The van der Waals surface area contributed by atoms with Gasteiger partial charge in [-0.15, -0.1) is 0 Å². The van der Waals surface area contributed by atoms with Crippen molar-refractivity contribution >= 4 is 17.3 Å². The van der Waals surface area contributed by atoms with E-state index in [0.29, 0.717) is 56.0 Å². The Morgan fingerprint density at radius 1 is 1.00 bits per heavy atom. The van der Waals surface area contributed by atoms with Crippen molar-refractivity contribution in [1.82, 2.24) is 14.9 Å². The fourth-order valence-electron chi connectivity index (χ4n) is 5.42. The maximum atomic E-state index is 15.1. The number of aromatic nitrogens is 2. The fourth-order valence-corrected chi connectivity index (χ4v) is 5.42. The monoisotopic (exact) mass is 579 g/mol. The fraction of sp³-hybridized carbons (Fsp3) is 0.448. The van der Waals surface area contributed by atoms with Crippen LogP contribution in [0.25, 0.3) is 11.3 Å². The lowest BCUT2D eigenvalue weighted by atomic mass is 9.89. The first-order chi connectivity index (χ1) is 19.5. The summed E-state index contributed by atoms with van der Waals surface area (Å²) in [6, 6.07) is 7.44. The lowest BCUT2D eigenvalue weighted by molar-refractivity contribution is -0.138. The first-order valence-electron chi connectivity index (χ1n) is 13.6. The molecule has 0 radical (unpaired) electrons. The van der Waals surface area contributed by atoms with Crippen LogP contribution in [0.15, 0.2) is 36.5 Å². The van der Waals surface area contributed by atoms with Gasteiger partial charge in [-0.3, -0.25) is 0 Å². The van der Waals surface area contributed by atoms with Gasteiger partial charge in [0.2, 0.25) is 5.95 Å². The standard InChI is InChI=1S/C29H31F6N5O/c1-17(2)40-11-12-41-27-23(31)13-19(14-25(27)40)26-24(32)16-36-28(38-26)37-20-3-4-21(22(30)15-20)18-5-8-39(9-6-18)10-7-29(33,34)35/h3-4,13-18H,5-12H2,1-2H3,(H,36,37,38). The Morgan fingerprint density at radius 2 is 1.76 bits per heavy atom. The number of alkyl halides is 3. The number of nitrogens with zero attached hydrogens (tertiary/aromatic N) is 4. The van der Waals surface area contributed by atoms with Gasteiger partial charge in [-0.2, -0.15) is 13.2 Å². The van der Waals surface area contributed by atoms with Gasteiger partial charge in [0.25, 0.3) is 0 Å².